The predicted octanol–water partition coefficient (Wildman–Crippen LogP) is 1.81. The Morgan fingerprint density at radius 3 is 2.50 bits per heavy atom. The number of hydrogen-bond acceptors (Lipinski definition) is 3. The van der Waals surface area contributed by atoms with Crippen LogP contribution in [0.5, 0.6) is 5.75 Å². The molecule has 0 saturated heterocycles. The molecule has 1 unspecified atom stereocenters. The van der Waals surface area contributed by atoms with Crippen LogP contribution in [0.15, 0.2) is 28.7 Å². The summed E-state index contributed by atoms with van der Waals surface area (Å²) in [5.74, 6) is -1.03. The molecule has 0 radical (unpaired) electrons. The van der Waals surface area contributed by atoms with Gasteiger partial charge in [0.1, 0.15) is 11.8 Å². The van der Waals surface area contributed by atoms with Crippen LogP contribution in [-0.4, -0.2) is 29.1 Å². The van der Waals surface area contributed by atoms with Gasteiger partial charge in [-0.3, -0.25) is 9.59 Å². The number of benzene rings is 1. The monoisotopic (exact) mass is 315 g/mol. The maximum atomic E-state index is 11.7. The third kappa shape index (κ3) is 4.03. The van der Waals surface area contributed by atoms with Crippen LogP contribution in [0.4, 0.5) is 0 Å². The quantitative estimate of drug-likeness (QED) is 0.869. The Hall–Kier alpha value is -1.56. The van der Waals surface area contributed by atoms with Crippen molar-refractivity contribution in [1.82, 2.24) is 5.32 Å². The number of carboxylic acid groups (broad SMARTS) is 1. The van der Waals surface area contributed by atoms with Gasteiger partial charge in [-0.25, -0.2) is 0 Å². The molecule has 2 atom stereocenters. The molecule has 0 aromatic heterocycles. The first kappa shape index (κ1) is 14.5. The molecule has 1 aromatic rings. The Kier molecular flexibility index (Phi) is 5.15. The van der Waals surface area contributed by atoms with Gasteiger partial charge in [-0.2, -0.15) is 0 Å². The molecule has 18 heavy (non-hydrogen) atoms. The molecule has 0 heterocycles. The number of nitrogens with one attached hydrogen (secondary N) is 1. The van der Waals surface area contributed by atoms with E-state index in [-0.39, 0.29) is 0 Å². The summed E-state index contributed by atoms with van der Waals surface area (Å²) < 4.78 is 6.17. The molecule has 5 nitrogen and oxygen atoms in total. The summed E-state index contributed by atoms with van der Waals surface area (Å²) in [5.41, 5.74) is 0. The van der Waals surface area contributed by atoms with Crippen molar-refractivity contribution < 1.29 is 19.4 Å². The number of aliphatic carboxylic acids is 1. The van der Waals surface area contributed by atoms with E-state index in [0.29, 0.717) is 5.75 Å². The molecule has 98 valence electrons. The first-order valence-electron chi connectivity index (χ1n) is 5.36. The van der Waals surface area contributed by atoms with Gasteiger partial charge in [0, 0.05) is 0 Å². The second-order valence-electron chi connectivity index (χ2n) is 3.76. The fourth-order valence-corrected chi connectivity index (χ4v) is 1.55. The molecule has 1 rings (SSSR count). The van der Waals surface area contributed by atoms with E-state index in [1.165, 1.54) is 6.92 Å². The molecule has 1 amide bonds. The van der Waals surface area contributed by atoms with E-state index in [2.05, 4.69) is 21.2 Å². The Labute approximate surface area is 113 Å². The zero-order chi connectivity index (χ0) is 13.7. The van der Waals surface area contributed by atoms with E-state index in [9.17, 15) is 9.59 Å². The maximum absolute atomic E-state index is 11.7. The molecular formula is C12H14BrNO4. The van der Waals surface area contributed by atoms with Crippen molar-refractivity contribution in [3.63, 3.8) is 0 Å². The fraction of sp³-hybridized carbons (Fsp3) is 0.333. The second kappa shape index (κ2) is 6.39. The topological polar surface area (TPSA) is 75.6 Å². The number of hydrogen-bond donors (Lipinski definition) is 2. The number of ether oxygens (including phenoxy) is 1. The normalized spacial score (nSPS) is 13.5. The van der Waals surface area contributed by atoms with Crippen LogP contribution >= 0.6 is 15.9 Å². The van der Waals surface area contributed by atoms with E-state index in [1.807, 2.05) is 6.07 Å². The Bertz CT molecular complexity index is 449. The summed E-state index contributed by atoms with van der Waals surface area (Å²) in [6.07, 6.45) is -0.773. The highest BCUT2D eigenvalue weighted by Crippen LogP contribution is 2.24. The second-order valence-corrected chi connectivity index (χ2v) is 4.61. The van der Waals surface area contributed by atoms with Gasteiger partial charge in [-0.05, 0) is 41.9 Å². The summed E-state index contributed by atoms with van der Waals surface area (Å²) in [6, 6.07) is 6.18. The van der Waals surface area contributed by atoms with Crippen LogP contribution in [0, 0.1) is 0 Å². The van der Waals surface area contributed by atoms with Gasteiger partial charge < -0.3 is 15.2 Å². The molecule has 0 aliphatic heterocycles. The lowest BCUT2D eigenvalue weighted by atomic mass is 10.3. The zero-order valence-electron chi connectivity index (χ0n) is 10.0. The van der Waals surface area contributed by atoms with E-state index in [4.69, 9.17) is 9.84 Å². The standard InChI is InChI=1S/C12H14BrNO4/c1-7(12(16)17)14-11(15)8(2)18-10-6-4-3-5-9(10)13/h3-8H,1-2H3,(H,14,15)(H,16,17)/t7-,8?/m1/s1. The van der Waals surface area contributed by atoms with Gasteiger partial charge in [0.05, 0.1) is 4.47 Å². The van der Waals surface area contributed by atoms with Crippen LogP contribution in [0.25, 0.3) is 0 Å². The number of rotatable bonds is 5. The van der Waals surface area contributed by atoms with Crippen molar-refractivity contribution in [2.24, 2.45) is 0 Å². The average molecular weight is 316 g/mol. The van der Waals surface area contributed by atoms with Crippen LogP contribution in [0.2, 0.25) is 0 Å². The van der Waals surface area contributed by atoms with Crippen LogP contribution in [-0.2, 0) is 9.59 Å². The van der Waals surface area contributed by atoms with E-state index in [0.717, 1.165) is 4.47 Å². The molecule has 0 fully saturated rings. The van der Waals surface area contributed by atoms with Gasteiger partial charge >= 0.3 is 5.97 Å². The van der Waals surface area contributed by atoms with E-state index in [1.54, 1.807) is 25.1 Å². The smallest absolute Gasteiger partial charge is 0.325 e. The highest BCUT2D eigenvalue weighted by molar-refractivity contribution is 9.10. The number of carbonyl (C=O) groups excluding carboxylic acids is 1. The molecule has 0 bridgehead atoms. The minimum Gasteiger partial charge on any atom is -0.480 e. The van der Waals surface area contributed by atoms with Gasteiger partial charge in [-0.1, -0.05) is 12.1 Å². The Balaban J connectivity index is 2.60. The molecule has 0 aliphatic rings. The van der Waals surface area contributed by atoms with Gasteiger partial charge in [0.2, 0.25) is 0 Å². The van der Waals surface area contributed by atoms with Gasteiger partial charge in [-0.15, -0.1) is 0 Å². The first-order chi connectivity index (χ1) is 8.41. The minimum atomic E-state index is -1.09. The van der Waals surface area contributed by atoms with Crippen LogP contribution in [0.3, 0.4) is 0 Å². The summed E-state index contributed by atoms with van der Waals surface area (Å²) in [5, 5.41) is 11.0. The Morgan fingerprint density at radius 2 is 1.94 bits per heavy atom. The number of para-hydroxylation sites is 1. The average Bonchev–Trinajstić information content (AvgIpc) is 2.31. The summed E-state index contributed by atoms with van der Waals surface area (Å²) in [7, 11) is 0. The molecular weight excluding hydrogens is 302 g/mol. The van der Waals surface area contributed by atoms with Crippen LogP contribution in [0.1, 0.15) is 13.8 Å². The molecule has 0 spiro atoms. The maximum Gasteiger partial charge on any atom is 0.325 e. The third-order valence-corrected chi connectivity index (χ3v) is 2.89. The molecule has 6 heteroatoms. The van der Waals surface area contributed by atoms with Gasteiger partial charge in [0.15, 0.2) is 6.10 Å². The van der Waals surface area contributed by atoms with Crippen molar-refractivity contribution in [2.45, 2.75) is 26.0 Å². The predicted molar refractivity (Wildman–Crippen MR) is 69.5 cm³/mol. The van der Waals surface area contributed by atoms with Crippen molar-refractivity contribution in [1.29, 1.82) is 0 Å². The zero-order valence-corrected chi connectivity index (χ0v) is 11.6. The van der Waals surface area contributed by atoms with Crippen molar-refractivity contribution in [3.8, 4) is 5.75 Å². The molecule has 1 aromatic carbocycles. The summed E-state index contributed by atoms with van der Waals surface area (Å²) >= 11 is 3.30. The molecule has 0 saturated carbocycles. The number of carboxylic acids is 1. The summed E-state index contributed by atoms with van der Waals surface area (Å²) in [6.45, 7) is 2.95. The van der Waals surface area contributed by atoms with Crippen molar-refractivity contribution >= 4 is 27.8 Å². The first-order valence-corrected chi connectivity index (χ1v) is 6.15. The Morgan fingerprint density at radius 1 is 1.33 bits per heavy atom. The number of halogens is 1. The van der Waals surface area contributed by atoms with E-state index >= 15 is 0 Å². The SMILES string of the molecule is CC(Oc1ccccc1Br)C(=O)N[C@H](C)C(=O)O. The highest BCUT2D eigenvalue weighted by atomic mass is 79.9. The lowest BCUT2D eigenvalue weighted by molar-refractivity contribution is -0.142. The highest BCUT2D eigenvalue weighted by Gasteiger charge is 2.20. The largest absolute Gasteiger partial charge is 0.480 e. The van der Waals surface area contributed by atoms with Gasteiger partial charge in [0.25, 0.3) is 5.91 Å². The number of amides is 1. The molecule has 0 aliphatic carbocycles. The number of carbonyl (C=O) groups is 2. The summed E-state index contributed by atoms with van der Waals surface area (Å²) in [4.78, 5) is 22.3. The van der Waals surface area contributed by atoms with Crippen molar-refractivity contribution in [3.05, 3.63) is 28.7 Å². The van der Waals surface area contributed by atoms with Crippen molar-refractivity contribution in [2.75, 3.05) is 0 Å². The minimum absolute atomic E-state index is 0.472. The van der Waals surface area contributed by atoms with E-state index < -0.39 is 24.0 Å². The molecule has 2 N–H and O–H groups in total. The lowest BCUT2D eigenvalue weighted by Gasteiger charge is -2.17. The third-order valence-electron chi connectivity index (χ3n) is 2.24. The van der Waals surface area contributed by atoms with Crippen LogP contribution < -0.4 is 10.1 Å². The fourth-order valence-electron chi connectivity index (χ4n) is 1.18. The lowest BCUT2D eigenvalue weighted by Crippen LogP contribution is -2.44.